The molecule has 0 amide bonds. The van der Waals surface area contributed by atoms with E-state index in [9.17, 15) is 4.79 Å². The van der Waals surface area contributed by atoms with Gasteiger partial charge >= 0.3 is 0 Å². The lowest BCUT2D eigenvalue weighted by Gasteiger charge is -2.01. The minimum Gasteiger partial charge on any atom is -0.497 e. The van der Waals surface area contributed by atoms with E-state index in [1.54, 1.807) is 18.9 Å². The average molecular weight is 405 g/mol. The number of benzene rings is 2. The van der Waals surface area contributed by atoms with Crippen LogP contribution in [0, 0.1) is 0 Å². The molecule has 0 spiro atoms. The highest BCUT2D eigenvalue weighted by atomic mass is 79.9. The fourth-order valence-corrected chi connectivity index (χ4v) is 3.43. The Kier molecular flexibility index (Phi) is 5.58. The third kappa shape index (κ3) is 4.19. The third-order valence-electron chi connectivity index (χ3n) is 3.62. The molecular weight excluding hydrogens is 388 g/mol. The van der Waals surface area contributed by atoms with Gasteiger partial charge in [0.15, 0.2) is 10.9 Å². The van der Waals surface area contributed by atoms with E-state index >= 15 is 0 Å². The van der Waals surface area contributed by atoms with Crippen molar-refractivity contribution in [1.29, 1.82) is 0 Å². The highest BCUT2D eigenvalue weighted by Gasteiger charge is 2.07. The van der Waals surface area contributed by atoms with Crippen molar-refractivity contribution in [1.82, 2.24) is 9.97 Å². The molecule has 1 heterocycles. The number of thioether (sulfide) groups is 1. The molecule has 0 aliphatic heterocycles. The highest BCUT2D eigenvalue weighted by Crippen LogP contribution is 2.24. The Hall–Kier alpha value is -1.79. The molecule has 24 heavy (non-hydrogen) atoms. The van der Waals surface area contributed by atoms with Crippen LogP contribution in [0.5, 0.6) is 5.75 Å². The maximum Gasteiger partial charge on any atom is 0.166 e. The predicted octanol–water partition coefficient (Wildman–Crippen LogP) is 5.09. The van der Waals surface area contributed by atoms with Crippen molar-refractivity contribution < 1.29 is 9.53 Å². The van der Waals surface area contributed by atoms with Gasteiger partial charge in [-0.25, -0.2) is 4.98 Å². The Morgan fingerprint density at radius 1 is 1.25 bits per heavy atom. The SMILES string of the molecule is COc1ccc2nc(SCCCC(=O)c3ccc(Br)cc3)[nH]c2c1. The Balaban J connectivity index is 1.51. The number of halogens is 1. The summed E-state index contributed by atoms with van der Waals surface area (Å²) in [7, 11) is 1.65. The first-order valence-corrected chi connectivity index (χ1v) is 9.39. The number of Topliss-reactive ketones (excluding diaryl/α,β-unsaturated/α-hetero) is 1. The maximum atomic E-state index is 12.1. The molecule has 6 heteroatoms. The molecule has 0 aliphatic rings. The van der Waals surface area contributed by atoms with Crippen molar-refractivity contribution in [3.05, 3.63) is 52.5 Å². The summed E-state index contributed by atoms with van der Waals surface area (Å²) in [4.78, 5) is 19.9. The molecule has 3 rings (SSSR count). The number of aromatic nitrogens is 2. The zero-order chi connectivity index (χ0) is 16.9. The predicted molar refractivity (Wildman–Crippen MR) is 101 cm³/mol. The monoisotopic (exact) mass is 404 g/mol. The summed E-state index contributed by atoms with van der Waals surface area (Å²) >= 11 is 5.01. The largest absolute Gasteiger partial charge is 0.497 e. The summed E-state index contributed by atoms with van der Waals surface area (Å²) in [6, 6.07) is 13.3. The molecule has 4 nitrogen and oxygen atoms in total. The van der Waals surface area contributed by atoms with Gasteiger partial charge in [0.1, 0.15) is 5.75 Å². The number of ketones is 1. The van der Waals surface area contributed by atoms with Crippen molar-refractivity contribution in [2.24, 2.45) is 0 Å². The van der Waals surface area contributed by atoms with E-state index in [0.717, 1.165) is 44.1 Å². The standard InChI is InChI=1S/C18H17BrN2O2S/c1-23-14-8-9-15-16(11-14)21-18(20-15)24-10-2-3-17(22)12-4-6-13(19)7-5-12/h4-9,11H,2-3,10H2,1H3,(H,20,21). The van der Waals surface area contributed by atoms with Crippen LogP contribution in [0.2, 0.25) is 0 Å². The number of hydrogen-bond donors (Lipinski definition) is 1. The van der Waals surface area contributed by atoms with Crippen LogP contribution in [0.25, 0.3) is 11.0 Å². The number of nitrogens with one attached hydrogen (secondary N) is 1. The maximum absolute atomic E-state index is 12.1. The van der Waals surface area contributed by atoms with Crippen LogP contribution in [0.1, 0.15) is 23.2 Å². The van der Waals surface area contributed by atoms with Gasteiger partial charge in [-0.2, -0.15) is 0 Å². The van der Waals surface area contributed by atoms with Gasteiger partial charge in [0.2, 0.25) is 0 Å². The van der Waals surface area contributed by atoms with Crippen molar-refractivity contribution in [3.8, 4) is 5.75 Å². The zero-order valence-electron chi connectivity index (χ0n) is 13.2. The highest BCUT2D eigenvalue weighted by molar-refractivity contribution is 9.10. The first-order chi connectivity index (χ1) is 11.7. The number of fused-ring (bicyclic) bond motifs is 1. The molecule has 0 fully saturated rings. The number of carbonyl (C=O) groups is 1. The molecule has 3 aromatic rings. The van der Waals surface area contributed by atoms with Crippen LogP contribution in [-0.4, -0.2) is 28.6 Å². The number of H-pyrrole nitrogens is 1. The van der Waals surface area contributed by atoms with Crippen LogP contribution < -0.4 is 4.74 Å². The smallest absolute Gasteiger partial charge is 0.166 e. The summed E-state index contributed by atoms with van der Waals surface area (Å²) < 4.78 is 6.19. The molecule has 0 radical (unpaired) electrons. The van der Waals surface area contributed by atoms with Gasteiger partial charge in [-0.15, -0.1) is 0 Å². The number of carbonyl (C=O) groups excluding carboxylic acids is 1. The van der Waals surface area contributed by atoms with Gasteiger partial charge in [-0.1, -0.05) is 39.8 Å². The molecule has 2 aromatic carbocycles. The van der Waals surface area contributed by atoms with E-state index in [1.807, 2.05) is 42.5 Å². The van der Waals surface area contributed by atoms with E-state index in [0.29, 0.717) is 6.42 Å². The molecule has 1 aromatic heterocycles. The Bertz CT molecular complexity index is 846. The Morgan fingerprint density at radius 2 is 2.04 bits per heavy atom. The molecule has 0 saturated carbocycles. The lowest BCUT2D eigenvalue weighted by atomic mass is 10.1. The van der Waals surface area contributed by atoms with Gasteiger partial charge in [0, 0.05) is 28.3 Å². The van der Waals surface area contributed by atoms with Crippen LogP contribution in [0.15, 0.2) is 52.1 Å². The fraction of sp³-hybridized carbons (Fsp3) is 0.222. The normalized spacial score (nSPS) is 10.9. The van der Waals surface area contributed by atoms with Gasteiger partial charge in [-0.3, -0.25) is 4.79 Å². The Labute approximate surface area is 153 Å². The van der Waals surface area contributed by atoms with Crippen molar-refractivity contribution in [3.63, 3.8) is 0 Å². The van der Waals surface area contributed by atoms with Gasteiger partial charge in [-0.05, 0) is 30.7 Å². The second-order valence-corrected chi connectivity index (χ2v) is 7.31. The average Bonchev–Trinajstić information content (AvgIpc) is 3.00. The number of ether oxygens (including phenoxy) is 1. The first-order valence-electron chi connectivity index (χ1n) is 7.61. The minimum absolute atomic E-state index is 0.178. The van der Waals surface area contributed by atoms with Crippen molar-refractivity contribution >= 4 is 44.5 Å². The lowest BCUT2D eigenvalue weighted by Crippen LogP contribution is -1.99. The van der Waals surface area contributed by atoms with Crippen molar-refractivity contribution in [2.45, 2.75) is 18.0 Å². The second-order valence-electron chi connectivity index (χ2n) is 5.31. The molecular formula is C18H17BrN2O2S. The van der Waals surface area contributed by atoms with Crippen LogP contribution in [-0.2, 0) is 0 Å². The number of nitrogens with zero attached hydrogens (tertiary/aromatic N) is 1. The van der Waals surface area contributed by atoms with E-state index in [1.165, 1.54) is 0 Å². The molecule has 1 N–H and O–H groups in total. The number of rotatable bonds is 7. The molecule has 124 valence electrons. The van der Waals surface area contributed by atoms with E-state index < -0.39 is 0 Å². The summed E-state index contributed by atoms with van der Waals surface area (Å²) in [6.07, 6.45) is 1.36. The second kappa shape index (κ2) is 7.85. The molecule has 0 saturated heterocycles. The number of hydrogen-bond acceptors (Lipinski definition) is 4. The van der Waals surface area contributed by atoms with Crippen molar-refractivity contribution in [2.75, 3.05) is 12.9 Å². The van der Waals surface area contributed by atoms with Crippen LogP contribution in [0.4, 0.5) is 0 Å². The molecule has 0 bridgehead atoms. The number of methoxy groups -OCH3 is 1. The topological polar surface area (TPSA) is 55.0 Å². The van der Waals surface area contributed by atoms with E-state index in [4.69, 9.17) is 4.74 Å². The fourth-order valence-electron chi connectivity index (χ4n) is 2.34. The molecule has 0 aliphatic carbocycles. The van der Waals surface area contributed by atoms with E-state index in [2.05, 4.69) is 25.9 Å². The van der Waals surface area contributed by atoms with Gasteiger partial charge < -0.3 is 9.72 Å². The number of aromatic amines is 1. The third-order valence-corrected chi connectivity index (χ3v) is 5.11. The number of imidazole rings is 1. The zero-order valence-corrected chi connectivity index (χ0v) is 15.6. The quantitative estimate of drug-likeness (QED) is 0.338. The molecule has 0 unspecified atom stereocenters. The van der Waals surface area contributed by atoms with E-state index in [-0.39, 0.29) is 5.78 Å². The summed E-state index contributed by atoms with van der Waals surface area (Å²) in [5.74, 6) is 1.83. The minimum atomic E-state index is 0.178. The first kappa shape index (κ1) is 17.0. The summed E-state index contributed by atoms with van der Waals surface area (Å²) in [5, 5.41) is 0.870. The van der Waals surface area contributed by atoms with Gasteiger partial charge in [0.25, 0.3) is 0 Å². The lowest BCUT2D eigenvalue weighted by molar-refractivity contribution is 0.0982. The van der Waals surface area contributed by atoms with Crippen LogP contribution in [0.3, 0.4) is 0 Å². The van der Waals surface area contributed by atoms with Crippen LogP contribution >= 0.6 is 27.7 Å². The Morgan fingerprint density at radius 3 is 2.79 bits per heavy atom. The van der Waals surface area contributed by atoms with Gasteiger partial charge in [0.05, 0.1) is 18.1 Å². The summed E-state index contributed by atoms with van der Waals surface area (Å²) in [5.41, 5.74) is 2.64. The molecule has 0 atom stereocenters. The summed E-state index contributed by atoms with van der Waals surface area (Å²) in [6.45, 7) is 0.